The summed E-state index contributed by atoms with van der Waals surface area (Å²) in [5.41, 5.74) is 0.635. The number of halogens is 2. The normalized spacial score (nSPS) is 11.4. The van der Waals surface area contributed by atoms with Crippen LogP contribution in [0.5, 0.6) is 0 Å². The number of hydrogen-bond donors (Lipinski definition) is 1. The van der Waals surface area contributed by atoms with Gasteiger partial charge in [0, 0.05) is 40.0 Å². The molecule has 25 heavy (non-hydrogen) atoms. The molecule has 1 heterocycles. The van der Waals surface area contributed by atoms with E-state index in [0.29, 0.717) is 27.9 Å². The van der Waals surface area contributed by atoms with Crippen molar-refractivity contribution in [3.05, 3.63) is 51.8 Å². The molecule has 1 amide bonds. The van der Waals surface area contributed by atoms with E-state index in [2.05, 4.69) is 10.4 Å². The highest BCUT2D eigenvalue weighted by molar-refractivity contribution is 8.13. The van der Waals surface area contributed by atoms with Gasteiger partial charge < -0.3 is 5.32 Å². The number of carbonyl (C=O) groups excluding carboxylic acids is 2. The Balaban J connectivity index is 2.06. The number of rotatable bonds is 6. The van der Waals surface area contributed by atoms with Crippen LogP contribution in [0.1, 0.15) is 36.7 Å². The van der Waals surface area contributed by atoms with E-state index in [1.807, 2.05) is 20.0 Å². The van der Waals surface area contributed by atoms with Crippen LogP contribution in [0.3, 0.4) is 0 Å². The summed E-state index contributed by atoms with van der Waals surface area (Å²) in [6.07, 6.45) is 3.58. The predicted octanol–water partition coefficient (Wildman–Crippen LogP) is 4.13. The number of nitrogens with one attached hydrogen (secondary N) is 1. The first-order chi connectivity index (χ1) is 11.7. The molecule has 8 heteroatoms. The number of carbonyl (C=O) groups is 2. The Kier molecular flexibility index (Phi) is 6.54. The molecule has 2 rings (SSSR count). The summed E-state index contributed by atoms with van der Waals surface area (Å²) >= 11 is 13.2. The zero-order valence-corrected chi connectivity index (χ0v) is 16.5. The molecule has 0 aliphatic carbocycles. The van der Waals surface area contributed by atoms with Gasteiger partial charge in [0.2, 0.25) is 0 Å². The molecule has 0 aliphatic heterocycles. The van der Waals surface area contributed by atoms with Crippen LogP contribution >= 0.6 is 35.0 Å². The first-order valence-corrected chi connectivity index (χ1v) is 9.36. The van der Waals surface area contributed by atoms with Gasteiger partial charge in [0.25, 0.3) is 5.91 Å². The number of amides is 1. The summed E-state index contributed by atoms with van der Waals surface area (Å²) in [5.74, 6) is 0.388. The summed E-state index contributed by atoms with van der Waals surface area (Å²) in [6, 6.07) is 4.72. The van der Waals surface area contributed by atoms with Crippen LogP contribution in [0.2, 0.25) is 10.0 Å². The Morgan fingerprint density at radius 2 is 1.88 bits per heavy atom. The Bertz CT molecular complexity index is 770. The van der Waals surface area contributed by atoms with Gasteiger partial charge in [0.05, 0.1) is 18.3 Å². The number of nitrogens with zero attached hydrogens (tertiary/aromatic N) is 2. The second-order valence-corrected chi connectivity index (χ2v) is 8.21. The zero-order chi connectivity index (χ0) is 18.6. The summed E-state index contributed by atoms with van der Waals surface area (Å²) in [6.45, 7) is 5.95. The molecule has 0 unspecified atom stereocenters. The van der Waals surface area contributed by atoms with Gasteiger partial charge in [-0.25, -0.2) is 0 Å². The standard InChI is InChI=1S/C17H19Cl2N3O2S/c1-11(23)25-5-4-22-10-13(9-20-22)17(2,3)21-16(24)12-6-14(18)8-15(19)7-12/h6-10H,4-5H2,1-3H3,(H,21,24). The minimum Gasteiger partial charge on any atom is -0.343 e. The zero-order valence-electron chi connectivity index (χ0n) is 14.2. The first kappa shape index (κ1) is 19.8. The van der Waals surface area contributed by atoms with Crippen molar-refractivity contribution in [1.29, 1.82) is 0 Å². The Morgan fingerprint density at radius 1 is 1.24 bits per heavy atom. The van der Waals surface area contributed by atoms with Crippen molar-refractivity contribution >= 4 is 46.0 Å². The van der Waals surface area contributed by atoms with Gasteiger partial charge in [-0.3, -0.25) is 14.3 Å². The van der Waals surface area contributed by atoms with Crippen molar-refractivity contribution in [3.8, 4) is 0 Å². The molecule has 0 aliphatic rings. The third-order valence-electron chi connectivity index (χ3n) is 3.53. The molecule has 1 N–H and O–H groups in total. The van der Waals surface area contributed by atoms with Crippen LogP contribution in [0.4, 0.5) is 0 Å². The molecule has 134 valence electrons. The molecule has 0 saturated heterocycles. The fraction of sp³-hybridized carbons (Fsp3) is 0.353. The van der Waals surface area contributed by atoms with Crippen molar-refractivity contribution in [1.82, 2.24) is 15.1 Å². The molecule has 5 nitrogen and oxygen atoms in total. The Hall–Kier alpha value is -1.50. The van der Waals surface area contributed by atoms with Crippen molar-refractivity contribution < 1.29 is 9.59 Å². The van der Waals surface area contributed by atoms with E-state index in [1.54, 1.807) is 36.0 Å². The fourth-order valence-electron chi connectivity index (χ4n) is 2.20. The SMILES string of the molecule is CC(=O)SCCn1cc(C(C)(C)NC(=O)c2cc(Cl)cc(Cl)c2)cn1. The topological polar surface area (TPSA) is 64.0 Å². The highest BCUT2D eigenvalue weighted by Gasteiger charge is 2.25. The van der Waals surface area contributed by atoms with E-state index in [9.17, 15) is 9.59 Å². The third kappa shape index (κ3) is 5.76. The lowest BCUT2D eigenvalue weighted by Gasteiger charge is -2.25. The quantitative estimate of drug-likeness (QED) is 0.792. The molecule has 0 radical (unpaired) electrons. The number of aromatic nitrogens is 2. The van der Waals surface area contributed by atoms with Crippen LogP contribution in [0.25, 0.3) is 0 Å². The monoisotopic (exact) mass is 399 g/mol. The summed E-state index contributed by atoms with van der Waals surface area (Å²) in [5, 5.41) is 8.15. The number of benzene rings is 1. The summed E-state index contributed by atoms with van der Waals surface area (Å²) in [4.78, 5) is 23.5. The maximum atomic E-state index is 12.5. The van der Waals surface area contributed by atoms with E-state index in [0.717, 1.165) is 5.56 Å². The molecule has 0 fully saturated rings. The highest BCUT2D eigenvalue weighted by atomic mass is 35.5. The van der Waals surface area contributed by atoms with Crippen LogP contribution in [0.15, 0.2) is 30.6 Å². The second-order valence-electron chi connectivity index (χ2n) is 6.07. The van der Waals surface area contributed by atoms with Gasteiger partial charge in [-0.1, -0.05) is 35.0 Å². The molecular formula is C17H19Cl2N3O2S. The minimum absolute atomic E-state index is 0.0835. The molecule has 0 saturated carbocycles. The average molecular weight is 400 g/mol. The van der Waals surface area contributed by atoms with Gasteiger partial charge in [-0.15, -0.1) is 0 Å². The molecular weight excluding hydrogens is 381 g/mol. The van der Waals surface area contributed by atoms with Gasteiger partial charge in [0.15, 0.2) is 5.12 Å². The molecule has 2 aromatic rings. The lowest BCUT2D eigenvalue weighted by atomic mass is 9.97. The first-order valence-electron chi connectivity index (χ1n) is 7.62. The van der Waals surface area contributed by atoms with E-state index < -0.39 is 5.54 Å². The maximum absolute atomic E-state index is 12.5. The lowest BCUT2D eigenvalue weighted by molar-refractivity contribution is -0.109. The summed E-state index contributed by atoms with van der Waals surface area (Å²) < 4.78 is 1.76. The van der Waals surface area contributed by atoms with Gasteiger partial charge in [0.1, 0.15) is 0 Å². The highest BCUT2D eigenvalue weighted by Crippen LogP contribution is 2.23. The lowest BCUT2D eigenvalue weighted by Crippen LogP contribution is -2.40. The van der Waals surface area contributed by atoms with Crippen LogP contribution in [-0.2, 0) is 16.9 Å². The Morgan fingerprint density at radius 3 is 2.48 bits per heavy atom. The minimum atomic E-state index is -0.627. The number of aryl methyl sites for hydroxylation is 1. The van der Waals surface area contributed by atoms with Gasteiger partial charge >= 0.3 is 0 Å². The molecule has 1 aromatic heterocycles. The largest absolute Gasteiger partial charge is 0.343 e. The molecule has 0 bridgehead atoms. The molecule has 1 aromatic carbocycles. The van der Waals surface area contributed by atoms with Gasteiger partial charge in [-0.2, -0.15) is 5.10 Å². The summed E-state index contributed by atoms with van der Waals surface area (Å²) in [7, 11) is 0. The van der Waals surface area contributed by atoms with E-state index in [1.165, 1.54) is 11.8 Å². The van der Waals surface area contributed by atoms with Gasteiger partial charge in [-0.05, 0) is 32.0 Å². The van der Waals surface area contributed by atoms with Crippen LogP contribution < -0.4 is 5.32 Å². The Labute approximate surface area is 161 Å². The smallest absolute Gasteiger partial charge is 0.252 e. The fourth-order valence-corrected chi connectivity index (χ4v) is 3.30. The van der Waals surface area contributed by atoms with Crippen molar-refractivity contribution in [2.45, 2.75) is 32.9 Å². The van der Waals surface area contributed by atoms with Crippen LogP contribution in [0, 0.1) is 0 Å². The van der Waals surface area contributed by atoms with Crippen LogP contribution in [-0.4, -0.2) is 26.6 Å². The maximum Gasteiger partial charge on any atom is 0.252 e. The van der Waals surface area contributed by atoms with E-state index in [-0.39, 0.29) is 11.0 Å². The molecule has 0 spiro atoms. The van der Waals surface area contributed by atoms with Crippen molar-refractivity contribution in [2.24, 2.45) is 0 Å². The third-order valence-corrected chi connectivity index (χ3v) is 4.76. The van der Waals surface area contributed by atoms with Crippen molar-refractivity contribution in [2.75, 3.05) is 5.75 Å². The number of hydrogen-bond acceptors (Lipinski definition) is 4. The number of thioether (sulfide) groups is 1. The predicted molar refractivity (Wildman–Crippen MR) is 102 cm³/mol. The molecule has 0 atom stereocenters. The average Bonchev–Trinajstić information content (AvgIpc) is 2.95. The second kappa shape index (κ2) is 8.25. The van der Waals surface area contributed by atoms with E-state index >= 15 is 0 Å². The van der Waals surface area contributed by atoms with Crippen molar-refractivity contribution in [3.63, 3.8) is 0 Å². The van der Waals surface area contributed by atoms with E-state index in [4.69, 9.17) is 23.2 Å².